The van der Waals surface area contributed by atoms with Crippen LogP contribution in [0.4, 0.5) is 0 Å². The van der Waals surface area contributed by atoms with Crippen LogP contribution in [0.2, 0.25) is 5.02 Å². The standard InChI is InChI=1S/C26H27ClN4O3/c27-21-8-4-5-18(13-21)14-28-25(32)20-9-11-30(12-10-20)26(33)24-22-16-34-23(15-31(22)17-29-24)19-6-2-1-3-7-19/h1-8,13,17,20,23H,9-12,14-16H2,(H,28,32)/t23-/m1/s1. The minimum absolute atomic E-state index is 0.0202. The molecule has 34 heavy (non-hydrogen) atoms. The van der Waals surface area contributed by atoms with Crippen LogP contribution in [0.1, 0.15) is 46.3 Å². The number of hydrogen-bond acceptors (Lipinski definition) is 4. The zero-order chi connectivity index (χ0) is 23.5. The van der Waals surface area contributed by atoms with E-state index in [0.717, 1.165) is 16.8 Å². The maximum Gasteiger partial charge on any atom is 0.274 e. The molecule has 3 aromatic rings. The van der Waals surface area contributed by atoms with E-state index in [9.17, 15) is 9.59 Å². The number of carbonyl (C=O) groups excluding carboxylic acids is 2. The summed E-state index contributed by atoms with van der Waals surface area (Å²) in [6.07, 6.45) is 2.95. The first-order valence-electron chi connectivity index (χ1n) is 11.6. The summed E-state index contributed by atoms with van der Waals surface area (Å²) in [5, 5.41) is 3.65. The first-order chi connectivity index (χ1) is 16.6. The fraction of sp³-hybridized carbons (Fsp3) is 0.346. The summed E-state index contributed by atoms with van der Waals surface area (Å²) in [7, 11) is 0. The van der Waals surface area contributed by atoms with Crippen LogP contribution in [-0.2, 0) is 29.2 Å². The zero-order valence-corrected chi connectivity index (χ0v) is 19.6. The van der Waals surface area contributed by atoms with Crippen molar-refractivity contribution in [2.45, 2.75) is 38.6 Å². The Balaban J connectivity index is 1.15. The number of piperidine rings is 1. The molecule has 5 rings (SSSR count). The molecule has 3 heterocycles. The second-order valence-corrected chi connectivity index (χ2v) is 9.25. The fourth-order valence-corrected chi connectivity index (χ4v) is 4.86. The highest BCUT2D eigenvalue weighted by Gasteiger charge is 2.32. The van der Waals surface area contributed by atoms with Gasteiger partial charge in [0.25, 0.3) is 5.91 Å². The van der Waals surface area contributed by atoms with Gasteiger partial charge in [0, 0.05) is 30.6 Å². The summed E-state index contributed by atoms with van der Waals surface area (Å²) in [6, 6.07) is 17.5. The third kappa shape index (κ3) is 4.86. The fourth-order valence-electron chi connectivity index (χ4n) is 4.65. The summed E-state index contributed by atoms with van der Waals surface area (Å²) in [6.45, 7) is 2.50. The van der Waals surface area contributed by atoms with Gasteiger partial charge in [-0.05, 0) is 36.1 Å². The molecule has 0 unspecified atom stereocenters. The number of aromatic nitrogens is 2. The Labute approximate surface area is 203 Å². The monoisotopic (exact) mass is 478 g/mol. The molecule has 1 atom stereocenters. The molecule has 1 saturated heterocycles. The van der Waals surface area contributed by atoms with Gasteiger partial charge < -0.3 is 19.5 Å². The largest absolute Gasteiger partial charge is 0.365 e. The number of amides is 2. The van der Waals surface area contributed by atoms with E-state index in [1.165, 1.54) is 0 Å². The number of hydrogen-bond donors (Lipinski definition) is 1. The van der Waals surface area contributed by atoms with E-state index < -0.39 is 0 Å². The number of likely N-dealkylation sites (tertiary alicyclic amines) is 1. The Morgan fingerprint density at radius 3 is 2.65 bits per heavy atom. The van der Waals surface area contributed by atoms with Gasteiger partial charge >= 0.3 is 0 Å². The average molecular weight is 479 g/mol. The Morgan fingerprint density at radius 2 is 1.88 bits per heavy atom. The van der Waals surface area contributed by atoms with Crippen molar-refractivity contribution in [3.8, 4) is 0 Å². The van der Waals surface area contributed by atoms with E-state index in [2.05, 4.69) is 10.3 Å². The van der Waals surface area contributed by atoms with E-state index in [0.29, 0.717) is 56.3 Å². The smallest absolute Gasteiger partial charge is 0.274 e. The highest BCUT2D eigenvalue weighted by molar-refractivity contribution is 6.30. The molecule has 8 heteroatoms. The molecule has 0 aliphatic carbocycles. The minimum Gasteiger partial charge on any atom is -0.365 e. The molecule has 7 nitrogen and oxygen atoms in total. The summed E-state index contributed by atoms with van der Waals surface area (Å²) in [4.78, 5) is 32.0. The Hall–Kier alpha value is -3.16. The van der Waals surface area contributed by atoms with Gasteiger partial charge in [-0.15, -0.1) is 0 Å². The lowest BCUT2D eigenvalue weighted by atomic mass is 9.95. The molecule has 0 bridgehead atoms. The lowest BCUT2D eigenvalue weighted by molar-refractivity contribution is -0.126. The van der Waals surface area contributed by atoms with Crippen LogP contribution in [0.25, 0.3) is 0 Å². The van der Waals surface area contributed by atoms with Crippen LogP contribution in [-0.4, -0.2) is 39.4 Å². The molecule has 0 spiro atoms. The first-order valence-corrected chi connectivity index (χ1v) is 12.0. The number of ether oxygens (including phenoxy) is 1. The number of halogens is 1. The highest BCUT2D eigenvalue weighted by Crippen LogP contribution is 2.28. The average Bonchev–Trinajstić information content (AvgIpc) is 3.31. The molecule has 2 aromatic carbocycles. The number of rotatable bonds is 5. The van der Waals surface area contributed by atoms with Crippen molar-refractivity contribution in [2.75, 3.05) is 13.1 Å². The van der Waals surface area contributed by atoms with Gasteiger partial charge in [0.05, 0.1) is 25.2 Å². The van der Waals surface area contributed by atoms with Crippen LogP contribution in [0.3, 0.4) is 0 Å². The number of nitrogens with zero attached hydrogens (tertiary/aromatic N) is 3. The van der Waals surface area contributed by atoms with Crippen molar-refractivity contribution in [3.63, 3.8) is 0 Å². The van der Waals surface area contributed by atoms with E-state index in [4.69, 9.17) is 16.3 Å². The van der Waals surface area contributed by atoms with Gasteiger partial charge in [0.2, 0.25) is 5.91 Å². The molecule has 2 aliphatic heterocycles. The van der Waals surface area contributed by atoms with Crippen LogP contribution in [0.5, 0.6) is 0 Å². The second-order valence-electron chi connectivity index (χ2n) is 8.82. The van der Waals surface area contributed by atoms with Crippen molar-refractivity contribution in [3.05, 3.63) is 88.5 Å². The second kappa shape index (κ2) is 9.99. The molecule has 1 N–H and O–H groups in total. The van der Waals surface area contributed by atoms with Crippen molar-refractivity contribution in [1.82, 2.24) is 19.8 Å². The number of carbonyl (C=O) groups is 2. The maximum absolute atomic E-state index is 13.2. The van der Waals surface area contributed by atoms with Gasteiger partial charge in [0.15, 0.2) is 5.69 Å². The van der Waals surface area contributed by atoms with Crippen molar-refractivity contribution < 1.29 is 14.3 Å². The van der Waals surface area contributed by atoms with Gasteiger partial charge in [-0.3, -0.25) is 9.59 Å². The molecule has 2 amide bonds. The minimum atomic E-state index is -0.103. The van der Waals surface area contributed by atoms with E-state index in [1.54, 1.807) is 11.2 Å². The van der Waals surface area contributed by atoms with Gasteiger partial charge in [-0.1, -0.05) is 54.1 Å². The van der Waals surface area contributed by atoms with Crippen LogP contribution in [0.15, 0.2) is 60.9 Å². The van der Waals surface area contributed by atoms with Crippen molar-refractivity contribution in [1.29, 1.82) is 0 Å². The Bertz CT molecular complexity index is 1170. The zero-order valence-electron chi connectivity index (χ0n) is 18.8. The lowest BCUT2D eigenvalue weighted by Crippen LogP contribution is -2.43. The first kappa shape index (κ1) is 22.6. The van der Waals surface area contributed by atoms with Gasteiger partial charge in [0.1, 0.15) is 6.10 Å². The molecule has 0 saturated carbocycles. The van der Waals surface area contributed by atoms with E-state index in [-0.39, 0.29) is 23.8 Å². The molecule has 176 valence electrons. The summed E-state index contributed by atoms with van der Waals surface area (Å²) in [5.41, 5.74) is 3.36. The number of nitrogens with one attached hydrogen (secondary N) is 1. The Morgan fingerprint density at radius 1 is 1.09 bits per heavy atom. The maximum atomic E-state index is 13.2. The number of fused-ring (bicyclic) bond motifs is 1. The van der Waals surface area contributed by atoms with Gasteiger partial charge in [-0.2, -0.15) is 0 Å². The summed E-state index contributed by atoms with van der Waals surface area (Å²) < 4.78 is 8.07. The van der Waals surface area contributed by atoms with Crippen molar-refractivity contribution >= 4 is 23.4 Å². The molecule has 2 aliphatic rings. The van der Waals surface area contributed by atoms with Gasteiger partial charge in [-0.25, -0.2) is 4.98 Å². The highest BCUT2D eigenvalue weighted by atomic mass is 35.5. The molecule has 0 radical (unpaired) electrons. The van der Waals surface area contributed by atoms with E-state index in [1.807, 2.05) is 59.2 Å². The van der Waals surface area contributed by atoms with Crippen LogP contribution in [0, 0.1) is 5.92 Å². The third-order valence-electron chi connectivity index (χ3n) is 6.61. The molecular weight excluding hydrogens is 452 g/mol. The normalized spacial score (nSPS) is 18.4. The summed E-state index contributed by atoms with van der Waals surface area (Å²) >= 11 is 6.01. The quantitative estimate of drug-likeness (QED) is 0.602. The number of imidazole rings is 1. The Kier molecular flexibility index (Phi) is 6.65. The molecular formula is C26H27ClN4O3. The predicted octanol–water partition coefficient (Wildman–Crippen LogP) is 3.98. The lowest BCUT2D eigenvalue weighted by Gasteiger charge is -2.31. The number of benzene rings is 2. The molecule has 1 fully saturated rings. The topological polar surface area (TPSA) is 76.5 Å². The third-order valence-corrected chi connectivity index (χ3v) is 6.85. The molecule has 1 aromatic heterocycles. The van der Waals surface area contributed by atoms with Crippen molar-refractivity contribution in [2.24, 2.45) is 5.92 Å². The van der Waals surface area contributed by atoms with Crippen LogP contribution >= 0.6 is 11.6 Å². The predicted molar refractivity (Wildman–Crippen MR) is 128 cm³/mol. The van der Waals surface area contributed by atoms with Crippen LogP contribution < -0.4 is 5.32 Å². The summed E-state index contributed by atoms with van der Waals surface area (Å²) in [5.74, 6) is -0.172. The van der Waals surface area contributed by atoms with E-state index >= 15 is 0 Å². The SMILES string of the molecule is O=C(NCc1cccc(Cl)c1)C1CCN(C(=O)c2ncn3c2CO[C@@H](c2ccccc2)C3)CC1.